The molecule has 0 bridgehead atoms. The van der Waals surface area contributed by atoms with Crippen molar-refractivity contribution in [2.24, 2.45) is 11.8 Å². The zero-order valence-corrected chi connectivity index (χ0v) is 12.8. The molecule has 120 valence electrons. The number of carboxylic acid groups (broad SMARTS) is 1. The van der Waals surface area contributed by atoms with Crippen LogP contribution in [0.15, 0.2) is 28.8 Å². The van der Waals surface area contributed by atoms with E-state index in [2.05, 4.69) is 15.5 Å². The molecule has 1 heterocycles. The smallest absolute Gasteiger partial charge is 0.307 e. The number of carbonyl (C=O) groups is 2. The molecule has 0 aliphatic heterocycles. The number of amides is 1. The number of nitrogens with zero attached hydrogens (tertiary/aromatic N) is 2. The van der Waals surface area contributed by atoms with E-state index in [-0.39, 0.29) is 5.91 Å². The second-order valence-electron chi connectivity index (χ2n) is 5.35. The minimum Gasteiger partial charge on any atom is -0.481 e. The monoisotopic (exact) mass is 335 g/mol. The average molecular weight is 336 g/mol. The summed E-state index contributed by atoms with van der Waals surface area (Å²) >= 11 is 5.82. The molecule has 1 aromatic heterocycles. The van der Waals surface area contributed by atoms with Gasteiger partial charge in [0.1, 0.15) is 0 Å². The molecule has 1 amide bonds. The van der Waals surface area contributed by atoms with E-state index in [0.717, 1.165) is 5.56 Å². The Labute approximate surface area is 136 Å². The number of carbonyl (C=O) groups excluding carboxylic acids is 1. The molecule has 2 atom stereocenters. The van der Waals surface area contributed by atoms with Crippen LogP contribution in [0.1, 0.15) is 12.3 Å². The van der Waals surface area contributed by atoms with E-state index < -0.39 is 17.8 Å². The molecule has 0 saturated heterocycles. The lowest BCUT2D eigenvalue weighted by atomic mass is 10.2. The SMILES string of the molecule is O=C(NCCc1nc(-c2ccc(Cl)cc2)no1)[C@H]1C[C@H]1C(=O)O. The highest BCUT2D eigenvalue weighted by molar-refractivity contribution is 6.30. The first-order valence-electron chi connectivity index (χ1n) is 7.13. The molecule has 3 rings (SSSR count). The van der Waals surface area contributed by atoms with Crippen molar-refractivity contribution < 1.29 is 19.2 Å². The molecule has 0 spiro atoms. The van der Waals surface area contributed by atoms with Crippen LogP contribution >= 0.6 is 11.6 Å². The van der Waals surface area contributed by atoms with Gasteiger partial charge in [0.15, 0.2) is 0 Å². The second-order valence-corrected chi connectivity index (χ2v) is 5.78. The first-order valence-corrected chi connectivity index (χ1v) is 7.51. The predicted octanol–water partition coefficient (Wildman–Crippen LogP) is 1.77. The summed E-state index contributed by atoms with van der Waals surface area (Å²) in [6.45, 7) is 0.323. The Morgan fingerprint density at radius 3 is 2.70 bits per heavy atom. The minimum atomic E-state index is -0.922. The fourth-order valence-corrected chi connectivity index (χ4v) is 2.38. The summed E-state index contributed by atoms with van der Waals surface area (Å²) in [5.41, 5.74) is 0.788. The Morgan fingerprint density at radius 1 is 1.30 bits per heavy atom. The van der Waals surface area contributed by atoms with Crippen LogP contribution in [0.2, 0.25) is 5.02 Å². The predicted molar refractivity (Wildman–Crippen MR) is 80.7 cm³/mol. The summed E-state index contributed by atoms with van der Waals surface area (Å²) in [6.07, 6.45) is 0.791. The summed E-state index contributed by atoms with van der Waals surface area (Å²) in [4.78, 5) is 26.7. The average Bonchev–Trinajstić information content (AvgIpc) is 3.21. The van der Waals surface area contributed by atoms with E-state index in [4.69, 9.17) is 21.2 Å². The third-order valence-electron chi connectivity index (χ3n) is 3.65. The van der Waals surface area contributed by atoms with E-state index >= 15 is 0 Å². The van der Waals surface area contributed by atoms with Gasteiger partial charge in [0.2, 0.25) is 17.6 Å². The lowest BCUT2D eigenvalue weighted by molar-refractivity contribution is -0.140. The van der Waals surface area contributed by atoms with E-state index in [9.17, 15) is 9.59 Å². The Morgan fingerprint density at radius 2 is 2.04 bits per heavy atom. The van der Waals surface area contributed by atoms with Gasteiger partial charge in [-0.05, 0) is 30.7 Å². The van der Waals surface area contributed by atoms with E-state index in [1.54, 1.807) is 24.3 Å². The molecule has 2 N–H and O–H groups in total. The van der Waals surface area contributed by atoms with Crippen LogP contribution in [0.5, 0.6) is 0 Å². The molecular weight excluding hydrogens is 322 g/mol. The molecule has 1 aromatic carbocycles. The van der Waals surface area contributed by atoms with Gasteiger partial charge in [-0.1, -0.05) is 16.8 Å². The van der Waals surface area contributed by atoms with Crippen molar-refractivity contribution in [1.82, 2.24) is 15.5 Å². The van der Waals surface area contributed by atoms with Crippen molar-refractivity contribution in [3.05, 3.63) is 35.2 Å². The molecule has 1 saturated carbocycles. The maximum absolute atomic E-state index is 11.7. The lowest BCUT2D eigenvalue weighted by Crippen LogP contribution is -2.28. The molecule has 1 aliphatic carbocycles. The Balaban J connectivity index is 1.49. The van der Waals surface area contributed by atoms with Crippen molar-refractivity contribution in [1.29, 1.82) is 0 Å². The third-order valence-corrected chi connectivity index (χ3v) is 3.90. The van der Waals surface area contributed by atoms with E-state index in [1.165, 1.54) is 0 Å². The number of aliphatic carboxylic acids is 1. The van der Waals surface area contributed by atoms with Gasteiger partial charge in [-0.15, -0.1) is 0 Å². The Hall–Kier alpha value is -2.41. The van der Waals surface area contributed by atoms with Gasteiger partial charge < -0.3 is 14.9 Å². The van der Waals surface area contributed by atoms with Crippen LogP contribution in [0.3, 0.4) is 0 Å². The van der Waals surface area contributed by atoms with E-state index in [1.807, 2.05) is 0 Å². The van der Waals surface area contributed by atoms with Crippen LogP contribution in [-0.4, -0.2) is 33.7 Å². The van der Waals surface area contributed by atoms with Crippen molar-refractivity contribution >= 4 is 23.5 Å². The van der Waals surface area contributed by atoms with Crippen LogP contribution in [-0.2, 0) is 16.0 Å². The van der Waals surface area contributed by atoms with Gasteiger partial charge in [0.05, 0.1) is 11.8 Å². The summed E-state index contributed by atoms with van der Waals surface area (Å²) in [7, 11) is 0. The largest absolute Gasteiger partial charge is 0.481 e. The first kappa shape index (κ1) is 15.5. The molecule has 7 nitrogen and oxygen atoms in total. The standard InChI is InChI=1S/C15H14ClN3O4/c16-9-3-1-8(2-4-9)13-18-12(23-19-13)5-6-17-14(20)10-7-11(10)15(21)22/h1-4,10-11H,5-7H2,(H,17,20)(H,21,22)/t10-,11+/m0/s1. The van der Waals surface area contributed by atoms with Gasteiger partial charge >= 0.3 is 5.97 Å². The number of aromatic nitrogens is 2. The Kier molecular flexibility index (Phi) is 4.29. The molecule has 0 radical (unpaired) electrons. The maximum atomic E-state index is 11.7. The highest BCUT2D eigenvalue weighted by Crippen LogP contribution is 2.38. The van der Waals surface area contributed by atoms with Crippen LogP contribution < -0.4 is 5.32 Å². The molecule has 23 heavy (non-hydrogen) atoms. The number of rotatable bonds is 6. The number of carboxylic acids is 1. The molecule has 1 aliphatic rings. The van der Waals surface area contributed by atoms with Crippen molar-refractivity contribution in [3.8, 4) is 11.4 Å². The molecular formula is C15H14ClN3O4. The zero-order valence-electron chi connectivity index (χ0n) is 12.0. The highest BCUT2D eigenvalue weighted by Gasteiger charge is 2.48. The van der Waals surface area contributed by atoms with Gasteiger partial charge in [-0.2, -0.15) is 4.98 Å². The Bertz CT molecular complexity index is 729. The fourth-order valence-electron chi connectivity index (χ4n) is 2.25. The van der Waals surface area contributed by atoms with Gasteiger partial charge in [-0.25, -0.2) is 0 Å². The van der Waals surface area contributed by atoms with Crippen LogP contribution in [0.4, 0.5) is 0 Å². The summed E-state index contributed by atoms with van der Waals surface area (Å²) in [5.74, 6) is -1.27. The summed E-state index contributed by atoms with van der Waals surface area (Å²) in [5, 5.41) is 16.0. The maximum Gasteiger partial charge on any atom is 0.307 e. The molecule has 0 unspecified atom stereocenters. The number of hydrogen-bond donors (Lipinski definition) is 2. The number of nitrogens with one attached hydrogen (secondary N) is 1. The number of halogens is 1. The van der Waals surface area contributed by atoms with Crippen molar-refractivity contribution in [2.75, 3.05) is 6.54 Å². The van der Waals surface area contributed by atoms with Gasteiger partial charge in [0.25, 0.3) is 0 Å². The first-order chi connectivity index (χ1) is 11.0. The molecule has 1 fully saturated rings. The highest BCUT2D eigenvalue weighted by atomic mass is 35.5. The third kappa shape index (κ3) is 3.68. The summed E-state index contributed by atoms with van der Waals surface area (Å²) in [6, 6.07) is 7.05. The number of benzene rings is 1. The van der Waals surface area contributed by atoms with Gasteiger partial charge in [-0.3, -0.25) is 9.59 Å². The molecule has 8 heteroatoms. The van der Waals surface area contributed by atoms with Crippen LogP contribution in [0.25, 0.3) is 11.4 Å². The lowest BCUT2D eigenvalue weighted by Gasteiger charge is -2.01. The van der Waals surface area contributed by atoms with E-state index in [0.29, 0.717) is 36.1 Å². The summed E-state index contributed by atoms with van der Waals surface area (Å²) < 4.78 is 5.13. The zero-order chi connectivity index (χ0) is 16.4. The normalized spacial score (nSPS) is 19.3. The fraction of sp³-hybridized carbons (Fsp3) is 0.333. The van der Waals surface area contributed by atoms with Crippen molar-refractivity contribution in [2.45, 2.75) is 12.8 Å². The van der Waals surface area contributed by atoms with Crippen LogP contribution in [0, 0.1) is 11.8 Å². The minimum absolute atomic E-state index is 0.241. The van der Waals surface area contributed by atoms with Crippen molar-refractivity contribution in [3.63, 3.8) is 0 Å². The molecule has 2 aromatic rings. The van der Waals surface area contributed by atoms with Gasteiger partial charge in [0, 0.05) is 23.6 Å². The topological polar surface area (TPSA) is 105 Å². The quantitative estimate of drug-likeness (QED) is 0.833. The second kappa shape index (κ2) is 6.37. The number of hydrogen-bond acceptors (Lipinski definition) is 5.